The highest BCUT2D eigenvalue weighted by atomic mass is 32.2. The molecule has 1 aromatic carbocycles. The first-order valence-electron chi connectivity index (χ1n) is 6.12. The van der Waals surface area contributed by atoms with Crippen LogP contribution in [0, 0.1) is 12.8 Å². The van der Waals surface area contributed by atoms with E-state index in [2.05, 4.69) is 0 Å². The number of nitrogens with two attached hydrogens (primary N) is 1. The predicted octanol–water partition coefficient (Wildman–Crippen LogP) is 1.69. The second-order valence-corrected chi connectivity index (χ2v) is 5.96. The van der Waals surface area contributed by atoms with Crippen molar-refractivity contribution in [3.63, 3.8) is 0 Å². The van der Waals surface area contributed by atoms with Crippen molar-refractivity contribution >= 4 is 16.1 Å². The lowest BCUT2D eigenvalue weighted by atomic mass is 10.0. The van der Waals surface area contributed by atoms with Gasteiger partial charge in [-0.05, 0) is 25.0 Å². The number of hydrogen-bond acceptors (Lipinski definition) is 4. The molecule has 20 heavy (non-hydrogen) atoms. The first kappa shape index (κ1) is 18.6. The number of carbonyl (C=O) groups is 1. The molecule has 0 saturated carbocycles. The maximum atomic E-state index is 10.5. The Balaban J connectivity index is 0.000000370. The number of rotatable bonds is 4. The van der Waals surface area contributed by atoms with E-state index in [1.807, 2.05) is 20.8 Å². The van der Waals surface area contributed by atoms with Gasteiger partial charge in [0.2, 0.25) is 0 Å². The van der Waals surface area contributed by atoms with E-state index in [4.69, 9.17) is 15.4 Å². The number of hydrogen-bond donors (Lipinski definition) is 3. The summed E-state index contributed by atoms with van der Waals surface area (Å²) in [6.07, 6.45) is 0.813. The van der Waals surface area contributed by atoms with Gasteiger partial charge in [-0.1, -0.05) is 38.0 Å². The highest BCUT2D eigenvalue weighted by Crippen LogP contribution is 2.08. The Morgan fingerprint density at radius 1 is 1.30 bits per heavy atom. The van der Waals surface area contributed by atoms with Crippen molar-refractivity contribution < 1.29 is 22.9 Å². The van der Waals surface area contributed by atoms with Gasteiger partial charge in [0.15, 0.2) is 0 Å². The van der Waals surface area contributed by atoms with Crippen molar-refractivity contribution in [3.8, 4) is 0 Å². The molecule has 0 spiro atoms. The second-order valence-electron chi connectivity index (χ2n) is 4.54. The molecular weight excluding hydrogens is 282 g/mol. The fourth-order valence-electron chi connectivity index (χ4n) is 1.21. The monoisotopic (exact) mass is 303 g/mol. The molecule has 1 aromatic rings. The maximum Gasteiger partial charge on any atom is 0.320 e. The third-order valence-corrected chi connectivity index (χ3v) is 3.73. The minimum absolute atomic E-state index is 0.0666. The summed E-state index contributed by atoms with van der Waals surface area (Å²) in [5.41, 5.74) is 6.23. The van der Waals surface area contributed by atoms with E-state index in [9.17, 15) is 13.2 Å². The maximum absolute atomic E-state index is 10.5. The molecule has 0 fully saturated rings. The number of carboxylic acids is 1. The Bertz CT molecular complexity index is 524. The van der Waals surface area contributed by atoms with Gasteiger partial charge in [-0.25, -0.2) is 0 Å². The van der Waals surface area contributed by atoms with Crippen LogP contribution in [0.2, 0.25) is 0 Å². The summed E-state index contributed by atoms with van der Waals surface area (Å²) in [4.78, 5) is 10.1. The molecule has 0 radical (unpaired) electrons. The van der Waals surface area contributed by atoms with Gasteiger partial charge >= 0.3 is 5.97 Å². The summed E-state index contributed by atoms with van der Waals surface area (Å²) >= 11 is 0. The van der Waals surface area contributed by atoms with Gasteiger partial charge in [0.1, 0.15) is 6.04 Å². The van der Waals surface area contributed by atoms with Gasteiger partial charge in [0, 0.05) is 0 Å². The van der Waals surface area contributed by atoms with E-state index in [-0.39, 0.29) is 10.8 Å². The summed E-state index contributed by atoms with van der Waals surface area (Å²) in [7, 11) is -4.02. The average molecular weight is 303 g/mol. The Morgan fingerprint density at radius 2 is 1.75 bits per heavy atom. The zero-order valence-electron chi connectivity index (χ0n) is 11.8. The van der Waals surface area contributed by atoms with Crippen LogP contribution in [0.25, 0.3) is 0 Å². The molecule has 6 nitrogen and oxygen atoms in total. The first-order chi connectivity index (χ1) is 9.09. The van der Waals surface area contributed by atoms with Gasteiger partial charge in [-0.2, -0.15) is 8.42 Å². The molecule has 0 heterocycles. The summed E-state index contributed by atoms with van der Waals surface area (Å²) in [5, 5.41) is 8.36. The van der Waals surface area contributed by atoms with Crippen molar-refractivity contribution in [1.29, 1.82) is 0 Å². The summed E-state index contributed by atoms with van der Waals surface area (Å²) < 4.78 is 29.6. The zero-order chi connectivity index (χ0) is 15.9. The van der Waals surface area contributed by atoms with Crippen LogP contribution in [0.5, 0.6) is 0 Å². The van der Waals surface area contributed by atoms with E-state index in [0.717, 1.165) is 12.0 Å². The smallest absolute Gasteiger partial charge is 0.320 e. The Kier molecular flexibility index (Phi) is 7.41. The van der Waals surface area contributed by atoms with E-state index < -0.39 is 22.1 Å². The van der Waals surface area contributed by atoms with Gasteiger partial charge in [0.05, 0.1) is 4.90 Å². The molecule has 114 valence electrons. The number of aryl methyl sites for hydroxylation is 1. The largest absolute Gasteiger partial charge is 0.480 e. The van der Waals surface area contributed by atoms with Crippen LogP contribution >= 0.6 is 0 Å². The Morgan fingerprint density at radius 3 is 2.00 bits per heavy atom. The lowest BCUT2D eigenvalue weighted by Gasteiger charge is -2.11. The highest BCUT2D eigenvalue weighted by Gasteiger charge is 2.17. The van der Waals surface area contributed by atoms with Crippen LogP contribution in [0.3, 0.4) is 0 Å². The number of aliphatic carboxylic acids is 1. The first-order valence-corrected chi connectivity index (χ1v) is 7.56. The second kappa shape index (κ2) is 7.98. The summed E-state index contributed by atoms with van der Waals surface area (Å²) in [6, 6.07) is 5.29. The molecule has 0 amide bonds. The molecule has 1 unspecified atom stereocenters. The van der Waals surface area contributed by atoms with Crippen LogP contribution in [0.4, 0.5) is 0 Å². The van der Waals surface area contributed by atoms with E-state index >= 15 is 0 Å². The lowest BCUT2D eigenvalue weighted by Crippen LogP contribution is -2.36. The van der Waals surface area contributed by atoms with Crippen molar-refractivity contribution in [1.82, 2.24) is 0 Å². The van der Waals surface area contributed by atoms with Crippen molar-refractivity contribution in [3.05, 3.63) is 29.8 Å². The molecule has 0 aliphatic rings. The van der Waals surface area contributed by atoms with Gasteiger partial charge < -0.3 is 10.8 Å². The SMILES string of the molecule is CCC(C)[C@@H](N)C(=O)O.Cc1ccc(S(=O)(=O)O)cc1. The van der Waals surface area contributed by atoms with E-state index in [1.54, 1.807) is 12.1 Å². The minimum Gasteiger partial charge on any atom is -0.480 e. The standard InChI is InChI=1S/C7H8O3S.C6H13NO2/c1-6-2-4-7(5-3-6)11(8,9)10;1-3-4(2)5(7)6(8)9/h2-5H,1H3,(H,8,9,10);4-5H,3,7H2,1-2H3,(H,8,9)/t;4?,5-/m.1/s1. The molecule has 0 aliphatic carbocycles. The van der Waals surface area contributed by atoms with Crippen molar-refractivity contribution in [2.45, 2.75) is 38.1 Å². The molecular formula is C13H21NO5S. The summed E-state index contributed by atoms with van der Waals surface area (Å²) in [6.45, 7) is 5.60. The van der Waals surface area contributed by atoms with Crippen molar-refractivity contribution in [2.24, 2.45) is 11.7 Å². The predicted molar refractivity (Wildman–Crippen MR) is 76.1 cm³/mol. The number of carboxylic acid groups (broad SMARTS) is 1. The quantitative estimate of drug-likeness (QED) is 0.728. The van der Waals surface area contributed by atoms with Crippen LogP contribution in [0.1, 0.15) is 25.8 Å². The fourth-order valence-corrected chi connectivity index (χ4v) is 1.69. The molecule has 0 bridgehead atoms. The molecule has 4 N–H and O–H groups in total. The van der Waals surface area contributed by atoms with Crippen LogP contribution < -0.4 is 5.73 Å². The van der Waals surface area contributed by atoms with Gasteiger partial charge in [0.25, 0.3) is 10.1 Å². The molecule has 7 heteroatoms. The molecule has 1 rings (SSSR count). The zero-order valence-corrected chi connectivity index (χ0v) is 12.6. The topological polar surface area (TPSA) is 118 Å². The Hall–Kier alpha value is -1.44. The van der Waals surface area contributed by atoms with E-state index in [1.165, 1.54) is 12.1 Å². The lowest BCUT2D eigenvalue weighted by molar-refractivity contribution is -0.139. The minimum atomic E-state index is -4.02. The normalized spacial score (nSPS) is 13.8. The van der Waals surface area contributed by atoms with Gasteiger partial charge in [-0.3, -0.25) is 9.35 Å². The Labute approximate surface area is 119 Å². The van der Waals surface area contributed by atoms with E-state index in [0.29, 0.717) is 0 Å². The van der Waals surface area contributed by atoms with Crippen molar-refractivity contribution in [2.75, 3.05) is 0 Å². The number of benzene rings is 1. The fraction of sp³-hybridized carbons (Fsp3) is 0.462. The van der Waals surface area contributed by atoms with Crippen LogP contribution in [-0.4, -0.2) is 30.1 Å². The highest BCUT2D eigenvalue weighted by molar-refractivity contribution is 7.85. The van der Waals surface area contributed by atoms with Gasteiger partial charge in [-0.15, -0.1) is 0 Å². The third kappa shape index (κ3) is 6.65. The molecule has 2 atom stereocenters. The van der Waals surface area contributed by atoms with Crippen LogP contribution in [0.15, 0.2) is 29.2 Å². The molecule has 0 aliphatic heterocycles. The third-order valence-electron chi connectivity index (χ3n) is 2.86. The molecule has 0 aromatic heterocycles. The van der Waals surface area contributed by atoms with Crippen LogP contribution in [-0.2, 0) is 14.9 Å². The molecule has 0 saturated heterocycles. The summed E-state index contributed by atoms with van der Waals surface area (Å²) in [5.74, 6) is -0.841. The average Bonchev–Trinajstić information content (AvgIpc) is 2.37.